The third-order valence-electron chi connectivity index (χ3n) is 5.94. The molecule has 2 fully saturated rings. The maximum absolute atomic E-state index is 12.1. The molecule has 0 aromatic heterocycles. The van der Waals surface area contributed by atoms with Crippen LogP contribution in [-0.2, 0) is 28.2 Å². The van der Waals surface area contributed by atoms with Gasteiger partial charge in [0.1, 0.15) is 17.9 Å². The first-order chi connectivity index (χ1) is 15.5. The number of amides is 3. The highest BCUT2D eigenvalue weighted by Crippen LogP contribution is 2.24. The van der Waals surface area contributed by atoms with Crippen LogP contribution in [0.2, 0.25) is 0 Å². The summed E-state index contributed by atoms with van der Waals surface area (Å²) in [6, 6.07) is 15.4. The minimum absolute atomic E-state index is 0.332. The van der Waals surface area contributed by atoms with E-state index in [1.165, 1.54) is 5.56 Å². The maximum atomic E-state index is 12.1. The number of morpholine rings is 1. The van der Waals surface area contributed by atoms with Crippen LogP contribution in [0.4, 0.5) is 4.79 Å². The van der Waals surface area contributed by atoms with Crippen LogP contribution < -0.4 is 20.7 Å². The van der Waals surface area contributed by atoms with Gasteiger partial charge in [0.25, 0.3) is 5.91 Å². The summed E-state index contributed by atoms with van der Waals surface area (Å²) in [5, 5.41) is 8.40. The van der Waals surface area contributed by atoms with E-state index in [2.05, 4.69) is 33.0 Å². The van der Waals surface area contributed by atoms with Gasteiger partial charge in [0.2, 0.25) is 0 Å². The maximum Gasteiger partial charge on any atom is 0.322 e. The number of carbonyl (C=O) groups excluding carboxylic acids is 2. The minimum atomic E-state index is -1.02. The first-order valence-electron chi connectivity index (χ1n) is 11.0. The second-order valence-corrected chi connectivity index (χ2v) is 8.28. The van der Waals surface area contributed by atoms with E-state index in [1.807, 2.05) is 36.4 Å². The van der Waals surface area contributed by atoms with Crippen molar-refractivity contribution in [3.63, 3.8) is 0 Å². The third-order valence-corrected chi connectivity index (χ3v) is 5.94. The van der Waals surface area contributed by atoms with Gasteiger partial charge in [-0.1, -0.05) is 36.4 Å². The smallest absolute Gasteiger partial charge is 0.322 e. The van der Waals surface area contributed by atoms with Crippen LogP contribution in [-0.4, -0.2) is 56.3 Å². The van der Waals surface area contributed by atoms with E-state index in [9.17, 15) is 9.59 Å². The number of hydrogen-bond donors (Lipinski definition) is 3. The van der Waals surface area contributed by atoms with Crippen LogP contribution in [0, 0.1) is 0 Å². The molecule has 3 amide bonds. The number of nitrogens with zero attached hydrogens (tertiary/aromatic N) is 1. The standard InChI is InChI=1S/C24H30N4O4/c1-24(22(29)26-23(30)27-24)20-6-2-18(3-7-20)16-25-17-19-4-8-21(9-5-19)32-15-12-28-10-13-31-14-11-28/h2-9,25H,10-17H2,1H3,(H2,26,27,29,30). The molecule has 32 heavy (non-hydrogen) atoms. The molecule has 2 aliphatic rings. The number of hydrogen-bond acceptors (Lipinski definition) is 6. The normalized spacial score (nSPS) is 21.3. The van der Waals surface area contributed by atoms with Crippen molar-refractivity contribution in [2.24, 2.45) is 0 Å². The zero-order valence-corrected chi connectivity index (χ0v) is 18.4. The van der Waals surface area contributed by atoms with Crippen LogP contribution in [0.15, 0.2) is 48.5 Å². The summed E-state index contributed by atoms with van der Waals surface area (Å²) in [6.07, 6.45) is 0. The number of ether oxygens (including phenoxy) is 2. The zero-order chi connectivity index (χ0) is 22.4. The van der Waals surface area contributed by atoms with Crippen molar-refractivity contribution in [2.75, 3.05) is 39.5 Å². The summed E-state index contributed by atoms with van der Waals surface area (Å²) in [5.74, 6) is 0.552. The number of benzene rings is 2. The van der Waals surface area contributed by atoms with Gasteiger partial charge in [0.05, 0.1) is 13.2 Å². The Morgan fingerprint density at radius 3 is 2.22 bits per heavy atom. The summed E-state index contributed by atoms with van der Waals surface area (Å²) in [6.45, 7) is 8.31. The molecule has 3 N–H and O–H groups in total. The number of imide groups is 1. The Bertz CT molecular complexity index is 926. The van der Waals surface area contributed by atoms with Gasteiger partial charge in [0, 0.05) is 32.7 Å². The molecule has 1 unspecified atom stereocenters. The molecule has 2 aromatic carbocycles. The van der Waals surface area contributed by atoms with E-state index in [-0.39, 0.29) is 5.91 Å². The third kappa shape index (κ3) is 5.45. The van der Waals surface area contributed by atoms with E-state index < -0.39 is 11.6 Å². The summed E-state index contributed by atoms with van der Waals surface area (Å²) < 4.78 is 11.2. The molecule has 170 valence electrons. The Balaban J connectivity index is 1.20. The summed E-state index contributed by atoms with van der Waals surface area (Å²) in [7, 11) is 0. The largest absolute Gasteiger partial charge is 0.492 e. The molecule has 0 radical (unpaired) electrons. The van der Waals surface area contributed by atoms with E-state index in [0.717, 1.165) is 56.3 Å². The highest BCUT2D eigenvalue weighted by Gasteiger charge is 2.43. The van der Waals surface area contributed by atoms with Crippen LogP contribution in [0.3, 0.4) is 0 Å². The number of urea groups is 1. The Kier molecular flexibility index (Phi) is 7.04. The molecule has 0 bridgehead atoms. The highest BCUT2D eigenvalue weighted by molar-refractivity contribution is 6.07. The molecule has 2 aliphatic heterocycles. The predicted molar refractivity (Wildman–Crippen MR) is 120 cm³/mol. The lowest BCUT2D eigenvalue weighted by Crippen LogP contribution is -2.40. The molecule has 4 rings (SSSR count). The lowest BCUT2D eigenvalue weighted by molar-refractivity contribution is -0.123. The molecular formula is C24H30N4O4. The number of nitrogens with one attached hydrogen (secondary N) is 3. The zero-order valence-electron chi connectivity index (χ0n) is 18.4. The predicted octanol–water partition coefficient (Wildman–Crippen LogP) is 1.74. The topological polar surface area (TPSA) is 91.9 Å². The van der Waals surface area contributed by atoms with Gasteiger partial charge in [-0.05, 0) is 35.7 Å². The first-order valence-corrected chi connectivity index (χ1v) is 11.0. The van der Waals surface area contributed by atoms with Gasteiger partial charge >= 0.3 is 6.03 Å². The monoisotopic (exact) mass is 438 g/mol. The van der Waals surface area contributed by atoms with Crippen molar-refractivity contribution in [1.82, 2.24) is 20.9 Å². The van der Waals surface area contributed by atoms with E-state index in [1.54, 1.807) is 6.92 Å². The first kappa shape index (κ1) is 22.3. The fourth-order valence-corrected chi connectivity index (χ4v) is 3.87. The van der Waals surface area contributed by atoms with E-state index in [4.69, 9.17) is 9.47 Å². The van der Waals surface area contributed by atoms with Crippen LogP contribution in [0.25, 0.3) is 0 Å². The number of carbonyl (C=O) groups is 2. The Labute approximate surface area is 188 Å². The van der Waals surface area contributed by atoms with E-state index in [0.29, 0.717) is 13.2 Å². The second kappa shape index (κ2) is 10.1. The molecular weight excluding hydrogens is 408 g/mol. The Morgan fingerprint density at radius 2 is 1.62 bits per heavy atom. The quantitative estimate of drug-likeness (QED) is 0.517. The molecule has 2 saturated heterocycles. The fraction of sp³-hybridized carbons (Fsp3) is 0.417. The molecule has 2 aromatic rings. The average molecular weight is 439 g/mol. The van der Waals surface area contributed by atoms with Gasteiger partial charge in [-0.15, -0.1) is 0 Å². The van der Waals surface area contributed by atoms with E-state index >= 15 is 0 Å². The van der Waals surface area contributed by atoms with Gasteiger partial charge in [-0.3, -0.25) is 15.0 Å². The average Bonchev–Trinajstić information content (AvgIpc) is 3.08. The SMILES string of the molecule is CC1(c2ccc(CNCc3ccc(OCCN4CCOCC4)cc3)cc2)NC(=O)NC1=O. The second-order valence-electron chi connectivity index (χ2n) is 8.28. The van der Waals surface area contributed by atoms with Crippen molar-refractivity contribution in [3.05, 3.63) is 65.2 Å². The molecule has 0 spiro atoms. The van der Waals surface area contributed by atoms with Crippen LogP contribution >= 0.6 is 0 Å². The van der Waals surface area contributed by atoms with Crippen molar-refractivity contribution >= 4 is 11.9 Å². The van der Waals surface area contributed by atoms with Gasteiger partial charge < -0.3 is 20.1 Å². The minimum Gasteiger partial charge on any atom is -0.492 e. The van der Waals surface area contributed by atoms with Crippen molar-refractivity contribution in [2.45, 2.75) is 25.6 Å². The lowest BCUT2D eigenvalue weighted by Gasteiger charge is -2.26. The van der Waals surface area contributed by atoms with Gasteiger partial charge in [0.15, 0.2) is 0 Å². The highest BCUT2D eigenvalue weighted by atomic mass is 16.5. The molecule has 8 nitrogen and oxygen atoms in total. The molecule has 8 heteroatoms. The summed E-state index contributed by atoms with van der Waals surface area (Å²) in [4.78, 5) is 25.9. The summed E-state index contributed by atoms with van der Waals surface area (Å²) >= 11 is 0. The van der Waals surface area contributed by atoms with Crippen LogP contribution in [0.5, 0.6) is 5.75 Å². The lowest BCUT2D eigenvalue weighted by atomic mass is 9.91. The van der Waals surface area contributed by atoms with Gasteiger partial charge in [-0.25, -0.2) is 4.79 Å². The van der Waals surface area contributed by atoms with Crippen LogP contribution in [0.1, 0.15) is 23.6 Å². The molecule has 2 heterocycles. The molecule has 0 aliphatic carbocycles. The number of rotatable bonds is 9. The van der Waals surface area contributed by atoms with Crippen molar-refractivity contribution < 1.29 is 19.1 Å². The molecule has 0 saturated carbocycles. The van der Waals surface area contributed by atoms with Gasteiger partial charge in [-0.2, -0.15) is 0 Å². The fourth-order valence-electron chi connectivity index (χ4n) is 3.87. The Morgan fingerprint density at radius 1 is 1.00 bits per heavy atom. The van der Waals surface area contributed by atoms with Crippen molar-refractivity contribution in [1.29, 1.82) is 0 Å². The summed E-state index contributed by atoms with van der Waals surface area (Å²) in [5.41, 5.74) is 2.02. The molecule has 1 atom stereocenters. The van der Waals surface area contributed by atoms with Crippen molar-refractivity contribution in [3.8, 4) is 5.75 Å². The Hall–Kier alpha value is -2.94.